The number of ether oxygens (including phenoxy) is 1. The van der Waals surface area contributed by atoms with Crippen molar-refractivity contribution >= 4 is 27.5 Å². The molecule has 0 aromatic heterocycles. The van der Waals surface area contributed by atoms with E-state index >= 15 is 0 Å². The molecule has 0 fully saturated rings. The number of rotatable bonds is 5. The number of aryl methyl sites for hydroxylation is 2. The van der Waals surface area contributed by atoms with Gasteiger partial charge in [0, 0.05) is 10.2 Å². The largest absolute Gasteiger partial charge is 0.484 e. The Kier molecular flexibility index (Phi) is 5.83. The van der Waals surface area contributed by atoms with Gasteiger partial charge in [-0.05, 0) is 66.8 Å². The first kappa shape index (κ1) is 17.5. The van der Waals surface area contributed by atoms with E-state index in [1.165, 1.54) is 11.1 Å². The number of benzene rings is 2. The summed E-state index contributed by atoms with van der Waals surface area (Å²) in [5, 5.41) is 2.87. The molecule has 23 heavy (non-hydrogen) atoms. The number of nitrogens with one attached hydrogen (secondary N) is 1. The summed E-state index contributed by atoms with van der Waals surface area (Å²) in [5.74, 6) is 1.03. The van der Waals surface area contributed by atoms with Crippen molar-refractivity contribution in [1.29, 1.82) is 0 Å². The summed E-state index contributed by atoms with van der Waals surface area (Å²) in [5.41, 5.74) is 4.28. The van der Waals surface area contributed by atoms with Gasteiger partial charge in [0.25, 0.3) is 5.91 Å². The first-order chi connectivity index (χ1) is 10.9. The molecular weight excluding hydrogens is 354 g/mol. The van der Waals surface area contributed by atoms with E-state index in [-0.39, 0.29) is 12.5 Å². The summed E-state index contributed by atoms with van der Waals surface area (Å²) < 4.78 is 6.59. The molecule has 122 valence electrons. The fraction of sp³-hybridized carbons (Fsp3) is 0.316. The molecule has 2 rings (SSSR count). The fourth-order valence-corrected chi connectivity index (χ4v) is 2.96. The zero-order valence-corrected chi connectivity index (χ0v) is 15.5. The quantitative estimate of drug-likeness (QED) is 0.778. The third kappa shape index (κ3) is 4.83. The number of amides is 1. The molecule has 0 unspecified atom stereocenters. The normalized spacial score (nSPS) is 10.7. The first-order valence-electron chi connectivity index (χ1n) is 7.66. The van der Waals surface area contributed by atoms with Crippen molar-refractivity contribution in [1.82, 2.24) is 0 Å². The summed E-state index contributed by atoms with van der Waals surface area (Å²) in [6.45, 7) is 8.34. The van der Waals surface area contributed by atoms with Crippen LogP contribution in [0.1, 0.15) is 36.5 Å². The Bertz CT molecular complexity index is 711. The second kappa shape index (κ2) is 7.64. The van der Waals surface area contributed by atoms with E-state index in [1.807, 2.05) is 37.3 Å². The molecule has 0 aliphatic heterocycles. The van der Waals surface area contributed by atoms with Gasteiger partial charge in [-0.1, -0.05) is 35.8 Å². The number of hydrogen-bond acceptors (Lipinski definition) is 2. The molecule has 0 saturated carbocycles. The van der Waals surface area contributed by atoms with E-state index in [0.29, 0.717) is 5.92 Å². The maximum atomic E-state index is 12.0. The maximum absolute atomic E-state index is 12.0. The number of carbonyl (C=O) groups excluding carboxylic acids is 1. The van der Waals surface area contributed by atoms with Crippen LogP contribution < -0.4 is 10.1 Å². The Morgan fingerprint density at radius 3 is 2.48 bits per heavy atom. The molecule has 0 saturated heterocycles. The third-order valence-corrected chi connectivity index (χ3v) is 4.19. The zero-order valence-electron chi connectivity index (χ0n) is 13.9. The molecule has 2 aromatic rings. The Morgan fingerprint density at radius 1 is 1.13 bits per heavy atom. The Labute approximate surface area is 146 Å². The monoisotopic (exact) mass is 375 g/mol. The summed E-state index contributed by atoms with van der Waals surface area (Å²) in [7, 11) is 0. The lowest BCUT2D eigenvalue weighted by Gasteiger charge is -2.13. The van der Waals surface area contributed by atoms with E-state index < -0.39 is 0 Å². The molecule has 0 bridgehead atoms. The van der Waals surface area contributed by atoms with Gasteiger partial charge in [-0.3, -0.25) is 4.79 Å². The molecule has 0 radical (unpaired) electrons. The second-order valence-electron chi connectivity index (χ2n) is 5.97. The highest BCUT2D eigenvalue weighted by molar-refractivity contribution is 9.10. The third-order valence-electron chi connectivity index (χ3n) is 3.70. The molecule has 2 aromatic carbocycles. The van der Waals surface area contributed by atoms with Crippen LogP contribution in [0.5, 0.6) is 5.75 Å². The zero-order chi connectivity index (χ0) is 17.0. The van der Waals surface area contributed by atoms with Crippen LogP contribution in [0.15, 0.2) is 40.9 Å². The maximum Gasteiger partial charge on any atom is 0.262 e. The second-order valence-corrected chi connectivity index (χ2v) is 6.88. The highest BCUT2D eigenvalue weighted by Gasteiger charge is 2.08. The predicted molar refractivity (Wildman–Crippen MR) is 98.3 cm³/mol. The Hall–Kier alpha value is -1.81. The Morgan fingerprint density at radius 2 is 1.87 bits per heavy atom. The topological polar surface area (TPSA) is 38.3 Å². The van der Waals surface area contributed by atoms with Gasteiger partial charge in [0.2, 0.25) is 0 Å². The number of hydrogen-bond donors (Lipinski definition) is 1. The van der Waals surface area contributed by atoms with Crippen LogP contribution in [-0.2, 0) is 4.79 Å². The highest BCUT2D eigenvalue weighted by atomic mass is 79.9. The van der Waals surface area contributed by atoms with Crippen LogP contribution in [0.25, 0.3) is 0 Å². The SMILES string of the molecule is Cc1cc(Br)ccc1NC(=O)COc1ccc(C(C)C)c(C)c1. The minimum absolute atomic E-state index is 0.00400. The fourth-order valence-electron chi connectivity index (χ4n) is 2.49. The van der Waals surface area contributed by atoms with Crippen LogP contribution in [0.4, 0.5) is 5.69 Å². The minimum Gasteiger partial charge on any atom is -0.484 e. The molecule has 0 aliphatic rings. The van der Waals surface area contributed by atoms with Gasteiger partial charge in [0.05, 0.1) is 0 Å². The smallest absolute Gasteiger partial charge is 0.262 e. The molecule has 0 spiro atoms. The van der Waals surface area contributed by atoms with E-state index in [2.05, 4.69) is 48.1 Å². The van der Waals surface area contributed by atoms with Crippen molar-refractivity contribution in [2.45, 2.75) is 33.6 Å². The van der Waals surface area contributed by atoms with Gasteiger partial charge >= 0.3 is 0 Å². The van der Waals surface area contributed by atoms with Gasteiger partial charge in [-0.25, -0.2) is 0 Å². The highest BCUT2D eigenvalue weighted by Crippen LogP contribution is 2.24. The lowest BCUT2D eigenvalue weighted by molar-refractivity contribution is -0.118. The molecule has 1 amide bonds. The van der Waals surface area contributed by atoms with Crippen molar-refractivity contribution in [2.24, 2.45) is 0 Å². The van der Waals surface area contributed by atoms with Crippen LogP contribution in [0, 0.1) is 13.8 Å². The summed E-state index contributed by atoms with van der Waals surface area (Å²) in [4.78, 5) is 12.0. The average molecular weight is 376 g/mol. The van der Waals surface area contributed by atoms with Gasteiger partial charge in [0.1, 0.15) is 5.75 Å². The first-order valence-corrected chi connectivity index (χ1v) is 8.45. The number of halogens is 1. The summed E-state index contributed by atoms with van der Waals surface area (Å²) >= 11 is 3.41. The molecular formula is C19H22BrNO2. The van der Waals surface area contributed by atoms with Crippen molar-refractivity contribution in [3.05, 3.63) is 57.6 Å². The summed E-state index contributed by atoms with van der Waals surface area (Å²) in [6, 6.07) is 11.7. The van der Waals surface area contributed by atoms with Crippen molar-refractivity contribution in [3.63, 3.8) is 0 Å². The molecule has 3 nitrogen and oxygen atoms in total. The van der Waals surface area contributed by atoms with Crippen LogP contribution in [-0.4, -0.2) is 12.5 Å². The van der Waals surface area contributed by atoms with E-state index in [0.717, 1.165) is 21.5 Å². The molecule has 4 heteroatoms. The standard InChI is InChI=1S/C19H22BrNO2/c1-12(2)17-7-6-16(10-13(17)3)23-11-19(22)21-18-8-5-15(20)9-14(18)4/h5-10,12H,11H2,1-4H3,(H,21,22). The average Bonchev–Trinajstić information content (AvgIpc) is 2.48. The van der Waals surface area contributed by atoms with Gasteiger partial charge in [-0.2, -0.15) is 0 Å². The molecule has 1 N–H and O–H groups in total. The van der Waals surface area contributed by atoms with Crippen LogP contribution in [0.2, 0.25) is 0 Å². The lowest BCUT2D eigenvalue weighted by atomic mass is 9.98. The number of carbonyl (C=O) groups is 1. The van der Waals surface area contributed by atoms with E-state index in [1.54, 1.807) is 0 Å². The molecule has 0 aliphatic carbocycles. The van der Waals surface area contributed by atoms with Crippen molar-refractivity contribution in [2.75, 3.05) is 11.9 Å². The lowest BCUT2D eigenvalue weighted by Crippen LogP contribution is -2.20. The van der Waals surface area contributed by atoms with Crippen molar-refractivity contribution in [3.8, 4) is 5.75 Å². The van der Waals surface area contributed by atoms with Gasteiger partial charge < -0.3 is 10.1 Å². The van der Waals surface area contributed by atoms with Crippen LogP contribution in [0.3, 0.4) is 0 Å². The van der Waals surface area contributed by atoms with E-state index in [4.69, 9.17) is 4.74 Å². The predicted octanol–water partition coefficient (Wildman–Crippen LogP) is 5.21. The van der Waals surface area contributed by atoms with Gasteiger partial charge in [0.15, 0.2) is 6.61 Å². The molecule has 0 heterocycles. The van der Waals surface area contributed by atoms with E-state index in [9.17, 15) is 4.79 Å². The summed E-state index contributed by atoms with van der Waals surface area (Å²) in [6.07, 6.45) is 0. The van der Waals surface area contributed by atoms with Gasteiger partial charge in [-0.15, -0.1) is 0 Å². The molecule has 0 atom stereocenters. The number of anilines is 1. The van der Waals surface area contributed by atoms with Crippen molar-refractivity contribution < 1.29 is 9.53 Å². The van der Waals surface area contributed by atoms with Crippen LogP contribution >= 0.6 is 15.9 Å². The Balaban J connectivity index is 1.95. The minimum atomic E-state index is -0.166.